The average molecular weight is 323 g/mol. The summed E-state index contributed by atoms with van der Waals surface area (Å²) in [6, 6.07) is 12.4. The maximum Gasteiger partial charge on any atom is 0.244 e. The predicted octanol–water partition coefficient (Wildman–Crippen LogP) is 3.16. The van der Waals surface area contributed by atoms with Crippen LogP contribution in [0.5, 0.6) is 0 Å². The monoisotopic (exact) mass is 322 g/mol. The Kier molecular flexibility index (Phi) is 3.97. The van der Waals surface area contributed by atoms with E-state index in [0.717, 1.165) is 18.4 Å². The second-order valence-electron chi connectivity index (χ2n) is 5.14. The smallest absolute Gasteiger partial charge is 0.243 e. The van der Waals surface area contributed by atoms with Gasteiger partial charge in [-0.25, -0.2) is 18.1 Å². The van der Waals surface area contributed by atoms with Crippen LogP contribution in [-0.4, -0.2) is 13.4 Å². The van der Waals surface area contributed by atoms with E-state index < -0.39 is 10.0 Å². The molecule has 1 aromatic carbocycles. The summed E-state index contributed by atoms with van der Waals surface area (Å²) in [4.78, 5) is 3.85. The van der Waals surface area contributed by atoms with Gasteiger partial charge >= 0.3 is 0 Å². The molecule has 1 saturated carbocycles. The van der Waals surface area contributed by atoms with Gasteiger partial charge < -0.3 is 0 Å². The summed E-state index contributed by atoms with van der Waals surface area (Å²) < 4.78 is 27.8. The Labute approximate surface area is 129 Å². The SMILES string of the molecule is O=S(=O)(NC(c1ccccc1)C1CC1)c1cccnc1Cl. The first-order chi connectivity index (χ1) is 10.1. The van der Waals surface area contributed by atoms with E-state index >= 15 is 0 Å². The lowest BCUT2D eigenvalue weighted by Gasteiger charge is -2.19. The minimum Gasteiger partial charge on any atom is -0.243 e. The van der Waals surface area contributed by atoms with Gasteiger partial charge in [-0.15, -0.1) is 0 Å². The summed E-state index contributed by atoms with van der Waals surface area (Å²) in [5.74, 6) is 0.345. The lowest BCUT2D eigenvalue weighted by atomic mass is 10.0. The largest absolute Gasteiger partial charge is 0.244 e. The maximum atomic E-state index is 12.5. The van der Waals surface area contributed by atoms with Crippen LogP contribution in [0.2, 0.25) is 5.15 Å². The highest BCUT2D eigenvalue weighted by atomic mass is 35.5. The number of hydrogen-bond acceptors (Lipinski definition) is 3. The summed E-state index contributed by atoms with van der Waals surface area (Å²) in [6.07, 6.45) is 3.53. The van der Waals surface area contributed by atoms with Crippen LogP contribution in [0, 0.1) is 5.92 Å². The summed E-state index contributed by atoms with van der Waals surface area (Å²) in [5.41, 5.74) is 0.976. The number of halogens is 1. The van der Waals surface area contributed by atoms with E-state index in [2.05, 4.69) is 9.71 Å². The first-order valence-electron chi connectivity index (χ1n) is 6.76. The van der Waals surface area contributed by atoms with Crippen molar-refractivity contribution in [2.75, 3.05) is 0 Å². The van der Waals surface area contributed by atoms with E-state index in [1.165, 1.54) is 12.3 Å². The van der Waals surface area contributed by atoms with Crippen molar-refractivity contribution in [1.82, 2.24) is 9.71 Å². The first-order valence-corrected chi connectivity index (χ1v) is 8.62. The molecule has 2 aromatic rings. The molecule has 6 heteroatoms. The number of rotatable bonds is 5. The molecule has 1 aromatic heterocycles. The molecule has 0 bridgehead atoms. The molecule has 1 atom stereocenters. The molecular formula is C15H15ClN2O2S. The molecule has 0 aliphatic heterocycles. The Balaban J connectivity index is 1.91. The fourth-order valence-corrected chi connectivity index (χ4v) is 4.07. The van der Waals surface area contributed by atoms with E-state index in [-0.39, 0.29) is 16.1 Å². The molecule has 1 unspecified atom stereocenters. The number of aromatic nitrogens is 1. The van der Waals surface area contributed by atoms with Crippen molar-refractivity contribution in [3.05, 3.63) is 59.4 Å². The van der Waals surface area contributed by atoms with E-state index in [4.69, 9.17) is 11.6 Å². The van der Waals surface area contributed by atoms with Crippen molar-refractivity contribution < 1.29 is 8.42 Å². The van der Waals surface area contributed by atoms with Gasteiger partial charge in [-0.3, -0.25) is 0 Å². The van der Waals surface area contributed by atoms with Crippen molar-refractivity contribution in [2.24, 2.45) is 5.92 Å². The molecule has 1 aliphatic carbocycles. The third-order valence-corrected chi connectivity index (χ3v) is 5.43. The van der Waals surface area contributed by atoms with E-state index in [1.54, 1.807) is 6.07 Å². The molecule has 0 spiro atoms. The summed E-state index contributed by atoms with van der Waals surface area (Å²) in [6.45, 7) is 0. The number of nitrogens with one attached hydrogen (secondary N) is 1. The highest BCUT2D eigenvalue weighted by Crippen LogP contribution is 2.41. The van der Waals surface area contributed by atoms with E-state index in [1.807, 2.05) is 30.3 Å². The molecule has 4 nitrogen and oxygen atoms in total. The molecule has 3 rings (SSSR count). The van der Waals surface area contributed by atoms with Crippen molar-refractivity contribution in [1.29, 1.82) is 0 Å². The Morgan fingerprint density at radius 2 is 1.86 bits per heavy atom. The Hall–Kier alpha value is -1.43. The minimum absolute atomic E-state index is 0.00684. The molecule has 21 heavy (non-hydrogen) atoms. The van der Waals surface area contributed by atoms with Crippen LogP contribution in [-0.2, 0) is 10.0 Å². The summed E-state index contributed by atoms with van der Waals surface area (Å²) in [5, 5.41) is -0.00684. The van der Waals surface area contributed by atoms with Crippen LogP contribution >= 0.6 is 11.6 Å². The molecule has 1 aliphatic rings. The summed E-state index contributed by atoms with van der Waals surface area (Å²) in [7, 11) is -3.69. The third kappa shape index (κ3) is 3.26. The predicted molar refractivity (Wildman–Crippen MR) is 81.5 cm³/mol. The molecule has 110 valence electrons. The highest BCUT2D eigenvalue weighted by Gasteiger charge is 2.35. The molecule has 1 N–H and O–H groups in total. The van der Waals surface area contributed by atoms with Crippen LogP contribution in [0.15, 0.2) is 53.6 Å². The number of benzene rings is 1. The number of hydrogen-bond donors (Lipinski definition) is 1. The van der Waals surface area contributed by atoms with Crippen LogP contribution in [0.1, 0.15) is 24.4 Å². The number of nitrogens with zero attached hydrogens (tertiary/aromatic N) is 1. The molecule has 1 heterocycles. The Morgan fingerprint density at radius 1 is 1.14 bits per heavy atom. The average Bonchev–Trinajstić information content (AvgIpc) is 3.31. The zero-order valence-electron chi connectivity index (χ0n) is 11.2. The number of pyridine rings is 1. The molecule has 0 amide bonds. The lowest BCUT2D eigenvalue weighted by Crippen LogP contribution is -2.30. The van der Waals surface area contributed by atoms with Crippen LogP contribution in [0.25, 0.3) is 0 Å². The van der Waals surface area contributed by atoms with Crippen molar-refractivity contribution in [3.8, 4) is 0 Å². The lowest BCUT2D eigenvalue weighted by molar-refractivity contribution is 0.529. The van der Waals surface area contributed by atoms with Gasteiger partial charge in [0.25, 0.3) is 0 Å². The molecule has 0 radical (unpaired) electrons. The van der Waals surface area contributed by atoms with Crippen molar-refractivity contribution >= 4 is 21.6 Å². The second kappa shape index (κ2) is 5.75. The maximum absolute atomic E-state index is 12.5. The van der Waals surface area contributed by atoms with Crippen LogP contribution < -0.4 is 4.72 Å². The Morgan fingerprint density at radius 3 is 2.48 bits per heavy atom. The van der Waals surface area contributed by atoms with Gasteiger partial charge in [0, 0.05) is 12.2 Å². The van der Waals surface area contributed by atoms with Crippen molar-refractivity contribution in [2.45, 2.75) is 23.8 Å². The number of sulfonamides is 1. The topological polar surface area (TPSA) is 59.1 Å². The standard InChI is InChI=1S/C15H15ClN2O2S/c16-15-13(7-4-10-17-15)21(19,20)18-14(12-8-9-12)11-5-2-1-3-6-11/h1-7,10,12,14,18H,8-9H2. The minimum atomic E-state index is -3.69. The van der Waals surface area contributed by atoms with E-state index in [0.29, 0.717) is 5.92 Å². The van der Waals surface area contributed by atoms with Crippen molar-refractivity contribution in [3.63, 3.8) is 0 Å². The Bertz CT molecular complexity index is 730. The highest BCUT2D eigenvalue weighted by molar-refractivity contribution is 7.89. The van der Waals surface area contributed by atoms with Crippen LogP contribution in [0.3, 0.4) is 0 Å². The van der Waals surface area contributed by atoms with Crippen LogP contribution in [0.4, 0.5) is 0 Å². The van der Waals surface area contributed by atoms with Gasteiger partial charge in [-0.05, 0) is 36.5 Å². The zero-order valence-corrected chi connectivity index (χ0v) is 12.8. The molecule has 1 fully saturated rings. The van der Waals surface area contributed by atoms with Gasteiger partial charge in [-0.1, -0.05) is 41.9 Å². The first kappa shape index (κ1) is 14.5. The van der Waals surface area contributed by atoms with Gasteiger partial charge in [0.1, 0.15) is 10.0 Å². The second-order valence-corrected chi connectivity index (χ2v) is 7.18. The molecule has 0 saturated heterocycles. The molecular weight excluding hydrogens is 308 g/mol. The van der Waals surface area contributed by atoms with Gasteiger partial charge in [0.2, 0.25) is 10.0 Å². The summed E-state index contributed by atoms with van der Waals surface area (Å²) >= 11 is 5.90. The van der Waals surface area contributed by atoms with Gasteiger partial charge in [0.05, 0.1) is 0 Å². The zero-order chi connectivity index (χ0) is 14.9. The third-order valence-electron chi connectivity index (χ3n) is 3.55. The van der Waals surface area contributed by atoms with Gasteiger partial charge in [0.15, 0.2) is 0 Å². The fourth-order valence-electron chi connectivity index (χ4n) is 2.33. The normalized spacial score (nSPS) is 16.6. The van der Waals surface area contributed by atoms with E-state index in [9.17, 15) is 8.42 Å². The quantitative estimate of drug-likeness (QED) is 0.860. The van der Waals surface area contributed by atoms with Gasteiger partial charge in [-0.2, -0.15) is 0 Å². The fraction of sp³-hybridized carbons (Fsp3) is 0.267.